The average Bonchev–Trinajstić information content (AvgIpc) is 3.79. The summed E-state index contributed by atoms with van der Waals surface area (Å²) in [5.41, 5.74) is 16.0. The molecule has 13 rings (SSSR count). The second kappa shape index (κ2) is 12.6. The number of anilines is 3. The predicted octanol–water partition coefficient (Wildman–Crippen LogP) is 15.8. The molecule has 0 bridgehead atoms. The number of hydrogen-bond donors (Lipinski definition) is 0. The third-order valence-corrected chi connectivity index (χ3v) is 13.4. The largest absolute Gasteiger partial charge is 0.310 e. The van der Waals surface area contributed by atoms with E-state index in [4.69, 9.17) is 0 Å². The number of benzene rings is 11. The predicted molar refractivity (Wildman–Crippen MR) is 253 cm³/mol. The van der Waals surface area contributed by atoms with Crippen molar-refractivity contribution in [1.82, 2.24) is 0 Å². The van der Waals surface area contributed by atoms with E-state index in [2.05, 4.69) is 229 Å². The minimum absolute atomic E-state index is 0.382. The van der Waals surface area contributed by atoms with E-state index >= 15 is 0 Å². The fraction of sp³-hybridized carbons (Fsp3) is 0.0169. The summed E-state index contributed by atoms with van der Waals surface area (Å²) in [6, 6.07) is 83.6. The standard InChI is InChI=1S/C59H37N/c1-2-14-40-35-41(26-25-38(40)13-1)39-27-29-42(30-28-39)60(43-31-33-49-47-17-4-3-15-45(47)46-16-5-6-18-48(46)53(49)36-43)44-32-34-58-54(37-44)52-21-9-12-24-57(52)59(58)55-22-10-7-19-50(55)51-20-8-11-23-56(51)59/h1-37H. The first-order valence-corrected chi connectivity index (χ1v) is 20.9. The molecule has 1 heteroatoms. The van der Waals surface area contributed by atoms with E-state index in [-0.39, 0.29) is 5.41 Å². The van der Waals surface area contributed by atoms with Crippen molar-refractivity contribution in [2.75, 3.05) is 4.90 Å². The summed E-state index contributed by atoms with van der Waals surface area (Å²) in [6.07, 6.45) is 0. The molecular weight excluding hydrogens is 723 g/mol. The van der Waals surface area contributed by atoms with Gasteiger partial charge in [-0.15, -0.1) is 0 Å². The molecule has 2 aliphatic carbocycles. The van der Waals surface area contributed by atoms with E-state index in [0.717, 1.165) is 17.1 Å². The van der Waals surface area contributed by atoms with Gasteiger partial charge in [0.1, 0.15) is 0 Å². The highest BCUT2D eigenvalue weighted by molar-refractivity contribution is 6.25. The quantitative estimate of drug-likeness (QED) is 0.162. The highest BCUT2D eigenvalue weighted by Gasteiger charge is 2.51. The zero-order chi connectivity index (χ0) is 39.4. The van der Waals surface area contributed by atoms with Crippen LogP contribution >= 0.6 is 0 Å². The van der Waals surface area contributed by atoms with Crippen molar-refractivity contribution < 1.29 is 0 Å². The van der Waals surface area contributed by atoms with Crippen LogP contribution in [-0.4, -0.2) is 0 Å². The van der Waals surface area contributed by atoms with Gasteiger partial charge in [0, 0.05) is 17.1 Å². The normalized spacial score (nSPS) is 13.1. The first-order valence-electron chi connectivity index (χ1n) is 20.9. The van der Waals surface area contributed by atoms with Crippen LogP contribution < -0.4 is 4.90 Å². The lowest BCUT2D eigenvalue weighted by Crippen LogP contribution is -2.25. The summed E-state index contributed by atoms with van der Waals surface area (Å²) < 4.78 is 0. The molecule has 0 unspecified atom stereocenters. The third kappa shape index (κ3) is 4.58. The molecule has 11 aromatic carbocycles. The minimum Gasteiger partial charge on any atom is -0.310 e. The Hall–Kier alpha value is -7.74. The van der Waals surface area contributed by atoms with Crippen LogP contribution in [0.3, 0.4) is 0 Å². The van der Waals surface area contributed by atoms with Crippen molar-refractivity contribution in [1.29, 1.82) is 0 Å². The van der Waals surface area contributed by atoms with Gasteiger partial charge in [-0.1, -0.05) is 182 Å². The fourth-order valence-corrected chi connectivity index (χ4v) is 10.9. The molecule has 1 nitrogen and oxygen atoms in total. The minimum atomic E-state index is -0.382. The molecule has 0 saturated carbocycles. The van der Waals surface area contributed by atoms with Gasteiger partial charge >= 0.3 is 0 Å². The number of nitrogens with zero attached hydrogens (tertiary/aromatic N) is 1. The molecule has 0 aromatic heterocycles. The maximum atomic E-state index is 2.46. The van der Waals surface area contributed by atoms with Crippen molar-refractivity contribution in [3.8, 4) is 33.4 Å². The van der Waals surface area contributed by atoms with E-state index < -0.39 is 0 Å². The van der Waals surface area contributed by atoms with Crippen LogP contribution in [0.15, 0.2) is 224 Å². The zero-order valence-electron chi connectivity index (χ0n) is 32.8. The smallest absolute Gasteiger partial charge is 0.0725 e. The average molecular weight is 760 g/mol. The molecule has 0 radical (unpaired) electrons. The van der Waals surface area contributed by atoms with Crippen molar-refractivity contribution >= 4 is 60.2 Å². The Morgan fingerprint density at radius 3 is 1.32 bits per heavy atom. The number of fused-ring (bicyclic) bond motifs is 17. The fourth-order valence-electron chi connectivity index (χ4n) is 10.9. The summed E-state index contributed by atoms with van der Waals surface area (Å²) in [5, 5.41) is 10.1. The van der Waals surface area contributed by atoms with Crippen LogP contribution in [0.1, 0.15) is 22.3 Å². The van der Waals surface area contributed by atoms with E-state index in [1.54, 1.807) is 0 Å². The first-order chi connectivity index (χ1) is 29.8. The summed E-state index contributed by atoms with van der Waals surface area (Å²) in [6.45, 7) is 0. The first kappa shape index (κ1) is 33.3. The van der Waals surface area contributed by atoms with Gasteiger partial charge in [-0.25, -0.2) is 0 Å². The Balaban J connectivity index is 1.04. The Bertz CT molecular complexity index is 3480. The third-order valence-electron chi connectivity index (χ3n) is 13.4. The highest BCUT2D eigenvalue weighted by atomic mass is 15.1. The molecule has 60 heavy (non-hydrogen) atoms. The van der Waals surface area contributed by atoms with E-state index in [0.29, 0.717) is 0 Å². The van der Waals surface area contributed by atoms with Crippen molar-refractivity contribution in [3.05, 3.63) is 247 Å². The Labute approximate surface area is 349 Å². The summed E-state index contributed by atoms with van der Waals surface area (Å²) in [5.74, 6) is 0. The SMILES string of the molecule is c1ccc2c(c1)-c1ccccc1C21c2ccccc2-c2cc(N(c3ccc(-c4ccc5ccccc5c4)cc3)c3ccc4c5ccccc5c5ccccc5c4c3)ccc21. The second-order valence-corrected chi connectivity index (χ2v) is 16.4. The van der Waals surface area contributed by atoms with Gasteiger partial charge in [-0.3, -0.25) is 0 Å². The van der Waals surface area contributed by atoms with Crippen LogP contribution in [-0.2, 0) is 5.41 Å². The Morgan fingerprint density at radius 1 is 0.250 bits per heavy atom. The summed E-state index contributed by atoms with van der Waals surface area (Å²) in [4.78, 5) is 2.46. The van der Waals surface area contributed by atoms with Crippen LogP contribution in [0.4, 0.5) is 17.1 Å². The lowest BCUT2D eigenvalue weighted by atomic mass is 9.70. The van der Waals surface area contributed by atoms with Gasteiger partial charge in [-0.05, 0) is 141 Å². The van der Waals surface area contributed by atoms with Gasteiger partial charge in [0.25, 0.3) is 0 Å². The van der Waals surface area contributed by atoms with E-state index in [1.807, 2.05) is 0 Å². The molecule has 0 heterocycles. The zero-order valence-corrected chi connectivity index (χ0v) is 32.8. The highest BCUT2D eigenvalue weighted by Crippen LogP contribution is 2.63. The molecule has 2 aliphatic rings. The second-order valence-electron chi connectivity index (χ2n) is 16.4. The van der Waals surface area contributed by atoms with Gasteiger partial charge in [0.15, 0.2) is 0 Å². The van der Waals surface area contributed by atoms with E-state index in [1.165, 1.54) is 98.7 Å². The molecule has 278 valence electrons. The van der Waals surface area contributed by atoms with Crippen LogP contribution in [0.25, 0.3) is 76.5 Å². The Morgan fingerprint density at radius 2 is 0.683 bits per heavy atom. The van der Waals surface area contributed by atoms with E-state index in [9.17, 15) is 0 Å². The van der Waals surface area contributed by atoms with Gasteiger partial charge < -0.3 is 4.90 Å². The molecule has 0 aliphatic heterocycles. The molecule has 0 atom stereocenters. The summed E-state index contributed by atoms with van der Waals surface area (Å²) >= 11 is 0. The van der Waals surface area contributed by atoms with Crippen molar-refractivity contribution in [3.63, 3.8) is 0 Å². The lowest BCUT2D eigenvalue weighted by molar-refractivity contribution is 0.794. The number of rotatable bonds is 4. The monoisotopic (exact) mass is 759 g/mol. The molecule has 0 amide bonds. The maximum Gasteiger partial charge on any atom is 0.0725 e. The van der Waals surface area contributed by atoms with Crippen LogP contribution in [0, 0.1) is 0 Å². The van der Waals surface area contributed by atoms with Gasteiger partial charge in [0.05, 0.1) is 5.41 Å². The summed E-state index contributed by atoms with van der Waals surface area (Å²) in [7, 11) is 0. The molecule has 0 saturated heterocycles. The molecule has 11 aromatic rings. The van der Waals surface area contributed by atoms with Crippen LogP contribution in [0.2, 0.25) is 0 Å². The Kier molecular flexibility index (Phi) is 7.00. The van der Waals surface area contributed by atoms with Crippen molar-refractivity contribution in [2.24, 2.45) is 0 Å². The molecule has 0 N–H and O–H groups in total. The number of hydrogen-bond acceptors (Lipinski definition) is 1. The van der Waals surface area contributed by atoms with Gasteiger partial charge in [0.2, 0.25) is 0 Å². The van der Waals surface area contributed by atoms with Crippen molar-refractivity contribution in [2.45, 2.75) is 5.41 Å². The topological polar surface area (TPSA) is 3.24 Å². The lowest BCUT2D eigenvalue weighted by Gasteiger charge is -2.31. The molecule has 0 fully saturated rings. The van der Waals surface area contributed by atoms with Crippen LogP contribution in [0.5, 0.6) is 0 Å². The molecule has 1 spiro atoms. The van der Waals surface area contributed by atoms with Gasteiger partial charge in [-0.2, -0.15) is 0 Å². The maximum absolute atomic E-state index is 2.46. The molecular formula is C59H37N.